The molecule has 0 saturated heterocycles. The second kappa shape index (κ2) is 2.64. The maximum absolute atomic E-state index is 9.45. The third-order valence-electron chi connectivity index (χ3n) is 1.75. The molecule has 0 unspecified atom stereocenters. The highest BCUT2D eigenvalue weighted by molar-refractivity contribution is 6.06. The standard InChI is InChI=1S/C9H6ClNO/c10-11-6-2-4-7-3-1-5-8(12)9(7)11/h1-6H/p+1. The van der Waals surface area contributed by atoms with Crippen LogP contribution in [0.4, 0.5) is 0 Å². The van der Waals surface area contributed by atoms with Crippen molar-refractivity contribution in [1.29, 1.82) is 0 Å². The molecule has 2 nitrogen and oxygen atoms in total. The zero-order chi connectivity index (χ0) is 8.55. The topological polar surface area (TPSA) is 24.1 Å². The van der Waals surface area contributed by atoms with Gasteiger partial charge in [-0.1, -0.05) is 10.2 Å². The number of rotatable bonds is 0. The Kier molecular flexibility index (Phi) is 1.62. The molecule has 2 aromatic rings. The van der Waals surface area contributed by atoms with E-state index in [1.165, 1.54) is 4.09 Å². The Bertz CT molecular complexity index is 391. The van der Waals surface area contributed by atoms with Crippen molar-refractivity contribution in [1.82, 2.24) is 0 Å². The largest absolute Gasteiger partial charge is 0.502 e. The normalized spacial score (nSPS) is 10.4. The number of benzene rings is 1. The van der Waals surface area contributed by atoms with Crippen LogP contribution in [-0.4, -0.2) is 5.11 Å². The van der Waals surface area contributed by atoms with Crippen molar-refractivity contribution in [2.24, 2.45) is 0 Å². The molecule has 0 spiro atoms. The molecule has 0 aliphatic rings. The first-order valence-electron chi connectivity index (χ1n) is 3.57. The summed E-state index contributed by atoms with van der Waals surface area (Å²) in [6.45, 7) is 0. The maximum Gasteiger partial charge on any atom is 0.275 e. The summed E-state index contributed by atoms with van der Waals surface area (Å²) in [5.74, 6) is 0.197. The quantitative estimate of drug-likeness (QED) is 0.657. The number of hydrogen-bond donors (Lipinski definition) is 1. The molecule has 1 N–H and O–H groups in total. The summed E-state index contributed by atoms with van der Waals surface area (Å²) in [6.07, 6.45) is 1.68. The molecule has 12 heavy (non-hydrogen) atoms. The second-order valence-corrected chi connectivity index (χ2v) is 2.90. The molecular formula is C9H7ClNO+. The van der Waals surface area contributed by atoms with E-state index in [-0.39, 0.29) is 5.75 Å². The molecule has 0 radical (unpaired) electrons. The predicted molar refractivity (Wildman–Crippen MR) is 47.1 cm³/mol. The van der Waals surface area contributed by atoms with Crippen LogP contribution in [0.25, 0.3) is 10.9 Å². The number of aromatic hydroxyl groups is 1. The third-order valence-corrected chi connectivity index (χ3v) is 2.03. The molecule has 0 saturated carbocycles. The number of aromatic nitrogens is 1. The molecule has 0 aliphatic carbocycles. The molecule has 1 aromatic heterocycles. The van der Waals surface area contributed by atoms with Gasteiger partial charge in [0.15, 0.2) is 11.9 Å². The fourth-order valence-electron chi connectivity index (χ4n) is 1.21. The van der Waals surface area contributed by atoms with Gasteiger partial charge in [0, 0.05) is 6.07 Å². The number of halogens is 1. The minimum absolute atomic E-state index is 0.197. The average Bonchev–Trinajstić information content (AvgIpc) is 2.04. The second-order valence-electron chi connectivity index (χ2n) is 2.53. The lowest BCUT2D eigenvalue weighted by atomic mass is 10.2. The summed E-state index contributed by atoms with van der Waals surface area (Å²) in [6, 6.07) is 9.02. The van der Waals surface area contributed by atoms with Crippen molar-refractivity contribution in [3.8, 4) is 5.75 Å². The van der Waals surface area contributed by atoms with Crippen LogP contribution in [0, 0.1) is 0 Å². The van der Waals surface area contributed by atoms with Gasteiger partial charge in [0.1, 0.15) is 0 Å². The number of hydrogen-bond acceptors (Lipinski definition) is 1. The summed E-state index contributed by atoms with van der Waals surface area (Å²) in [5.41, 5.74) is 0.640. The van der Waals surface area contributed by atoms with E-state index in [9.17, 15) is 5.11 Å². The Labute approximate surface area is 74.8 Å². The first-order valence-corrected chi connectivity index (χ1v) is 3.91. The van der Waals surface area contributed by atoms with Gasteiger partial charge in [-0.15, -0.1) is 0 Å². The van der Waals surface area contributed by atoms with Crippen molar-refractivity contribution in [3.05, 3.63) is 36.5 Å². The van der Waals surface area contributed by atoms with E-state index >= 15 is 0 Å². The summed E-state index contributed by atoms with van der Waals surface area (Å²) in [5, 5.41) is 10.4. The summed E-state index contributed by atoms with van der Waals surface area (Å²) in [4.78, 5) is 0. The number of phenolic OH excluding ortho intramolecular Hbond substituents is 1. The fourth-order valence-corrected chi connectivity index (χ4v) is 1.46. The number of nitrogens with zero attached hydrogens (tertiary/aromatic N) is 1. The average molecular weight is 181 g/mol. The minimum Gasteiger partial charge on any atom is -0.502 e. The monoisotopic (exact) mass is 180 g/mol. The van der Waals surface area contributed by atoms with Gasteiger partial charge >= 0.3 is 0 Å². The van der Waals surface area contributed by atoms with Crippen LogP contribution in [0.1, 0.15) is 0 Å². The van der Waals surface area contributed by atoms with Gasteiger partial charge in [0.05, 0.1) is 5.39 Å². The zero-order valence-corrected chi connectivity index (χ0v) is 6.99. The van der Waals surface area contributed by atoms with Crippen LogP contribution in [0.15, 0.2) is 36.5 Å². The van der Waals surface area contributed by atoms with Gasteiger partial charge in [0.25, 0.3) is 17.3 Å². The molecule has 0 fully saturated rings. The van der Waals surface area contributed by atoms with E-state index in [0.717, 1.165) is 5.39 Å². The van der Waals surface area contributed by atoms with Crippen LogP contribution in [0.5, 0.6) is 5.75 Å². The van der Waals surface area contributed by atoms with Crippen LogP contribution in [0.2, 0.25) is 0 Å². The van der Waals surface area contributed by atoms with E-state index in [2.05, 4.69) is 0 Å². The molecule has 0 bridgehead atoms. The van der Waals surface area contributed by atoms with Crippen molar-refractivity contribution in [2.45, 2.75) is 0 Å². The third kappa shape index (κ3) is 1.01. The van der Waals surface area contributed by atoms with Crippen LogP contribution < -0.4 is 4.09 Å². The highest BCUT2D eigenvalue weighted by Crippen LogP contribution is 2.19. The van der Waals surface area contributed by atoms with Gasteiger partial charge in [-0.05, 0) is 18.2 Å². The van der Waals surface area contributed by atoms with Crippen molar-refractivity contribution in [3.63, 3.8) is 0 Å². The van der Waals surface area contributed by atoms with E-state index < -0.39 is 0 Å². The highest BCUT2D eigenvalue weighted by Gasteiger charge is 2.10. The van der Waals surface area contributed by atoms with Crippen LogP contribution >= 0.6 is 11.8 Å². The number of pyridine rings is 1. The van der Waals surface area contributed by atoms with E-state index in [1.807, 2.05) is 18.2 Å². The maximum atomic E-state index is 9.45. The van der Waals surface area contributed by atoms with E-state index in [4.69, 9.17) is 11.8 Å². The predicted octanol–water partition coefficient (Wildman–Crippen LogP) is 1.83. The Morgan fingerprint density at radius 2 is 1.92 bits per heavy atom. The van der Waals surface area contributed by atoms with Gasteiger partial charge in [-0.3, -0.25) is 0 Å². The summed E-state index contributed by atoms with van der Waals surface area (Å²) >= 11 is 5.82. The molecule has 0 atom stereocenters. The van der Waals surface area contributed by atoms with Crippen molar-refractivity contribution >= 4 is 22.7 Å². The van der Waals surface area contributed by atoms with Gasteiger partial charge < -0.3 is 5.11 Å². The van der Waals surface area contributed by atoms with Gasteiger partial charge in [0.2, 0.25) is 0 Å². The van der Waals surface area contributed by atoms with Crippen LogP contribution in [0.3, 0.4) is 0 Å². The lowest BCUT2D eigenvalue weighted by Crippen LogP contribution is -2.19. The summed E-state index contributed by atoms with van der Waals surface area (Å²) < 4.78 is 1.38. The Balaban J connectivity index is 2.96. The lowest BCUT2D eigenvalue weighted by molar-refractivity contribution is -0.489. The van der Waals surface area contributed by atoms with E-state index in [1.54, 1.807) is 18.3 Å². The van der Waals surface area contributed by atoms with Crippen molar-refractivity contribution < 1.29 is 9.19 Å². The molecule has 1 aromatic carbocycles. The molecule has 60 valence electrons. The first kappa shape index (κ1) is 7.37. The van der Waals surface area contributed by atoms with Crippen molar-refractivity contribution in [2.75, 3.05) is 0 Å². The SMILES string of the molecule is Oc1cccc2ccc[n+](Cl)c12. The Hall–Kier alpha value is -1.28. The molecule has 0 amide bonds. The number of phenols is 1. The van der Waals surface area contributed by atoms with E-state index in [0.29, 0.717) is 5.52 Å². The summed E-state index contributed by atoms with van der Waals surface area (Å²) in [7, 11) is 0. The Morgan fingerprint density at radius 1 is 1.17 bits per heavy atom. The minimum atomic E-state index is 0.197. The molecule has 0 aliphatic heterocycles. The molecular weight excluding hydrogens is 174 g/mol. The number of fused-ring (bicyclic) bond motifs is 1. The smallest absolute Gasteiger partial charge is 0.275 e. The highest BCUT2D eigenvalue weighted by atomic mass is 35.5. The van der Waals surface area contributed by atoms with Crippen LogP contribution in [-0.2, 0) is 0 Å². The zero-order valence-electron chi connectivity index (χ0n) is 6.24. The lowest BCUT2D eigenvalue weighted by Gasteiger charge is -1.94. The van der Waals surface area contributed by atoms with Gasteiger partial charge in [-0.2, -0.15) is 0 Å². The fraction of sp³-hybridized carbons (Fsp3) is 0. The number of para-hydroxylation sites is 1. The van der Waals surface area contributed by atoms with Gasteiger partial charge in [-0.25, -0.2) is 0 Å². The molecule has 1 heterocycles. The molecule has 3 heteroatoms. The molecule has 2 rings (SSSR count). The Morgan fingerprint density at radius 3 is 2.67 bits per heavy atom. The first-order chi connectivity index (χ1) is 5.79.